The Balaban J connectivity index is 2.13. The van der Waals surface area contributed by atoms with E-state index in [1.54, 1.807) is 25.3 Å². The van der Waals surface area contributed by atoms with Gasteiger partial charge in [0.15, 0.2) is 0 Å². The zero-order chi connectivity index (χ0) is 15.4. The number of nitrogens with one attached hydrogen (secondary N) is 1. The Kier molecular flexibility index (Phi) is 4.75. The lowest BCUT2D eigenvalue weighted by Gasteiger charge is -2.17. The van der Waals surface area contributed by atoms with E-state index in [0.717, 1.165) is 11.3 Å². The quantitative estimate of drug-likeness (QED) is 0.888. The minimum atomic E-state index is -0.309. The van der Waals surface area contributed by atoms with Crippen molar-refractivity contribution in [2.45, 2.75) is 26.4 Å². The maximum Gasteiger partial charge on any atom is 0.138 e. The van der Waals surface area contributed by atoms with Crippen molar-refractivity contribution in [2.75, 3.05) is 7.11 Å². The van der Waals surface area contributed by atoms with Crippen molar-refractivity contribution in [2.24, 2.45) is 0 Å². The van der Waals surface area contributed by atoms with E-state index in [1.165, 1.54) is 12.1 Å². The number of hydrogen-bond donors (Lipinski definition) is 2. The zero-order valence-corrected chi connectivity index (χ0v) is 12.4. The number of aryl methyl sites for hydroxylation is 1. The molecular weight excluding hydrogens is 271 g/mol. The fourth-order valence-electron chi connectivity index (χ4n) is 2.14. The lowest BCUT2D eigenvalue weighted by molar-refractivity contribution is 0.398. The van der Waals surface area contributed by atoms with E-state index >= 15 is 0 Å². The molecule has 0 spiro atoms. The van der Waals surface area contributed by atoms with Gasteiger partial charge in [0, 0.05) is 23.8 Å². The maximum atomic E-state index is 13.4. The minimum Gasteiger partial charge on any atom is -0.506 e. The summed E-state index contributed by atoms with van der Waals surface area (Å²) in [5, 5.41) is 13.0. The number of benzene rings is 1. The molecule has 0 bridgehead atoms. The highest BCUT2D eigenvalue weighted by atomic mass is 19.1. The van der Waals surface area contributed by atoms with Gasteiger partial charge in [-0.05, 0) is 44.2 Å². The largest absolute Gasteiger partial charge is 0.506 e. The summed E-state index contributed by atoms with van der Waals surface area (Å²) in [7, 11) is 1.55. The molecular formula is C16H19FN2O2. The number of rotatable bonds is 5. The van der Waals surface area contributed by atoms with E-state index < -0.39 is 0 Å². The normalized spacial score (nSPS) is 12.2. The Hall–Kier alpha value is -2.14. The highest BCUT2D eigenvalue weighted by Gasteiger charge is 2.13. The van der Waals surface area contributed by atoms with Crippen molar-refractivity contribution in [3.63, 3.8) is 0 Å². The monoisotopic (exact) mass is 290 g/mol. The standard InChI is InChI=1S/C16H19FN2O2/c1-10-4-6-15(20)14(19-10)9-18-11(2)13-8-12(17)5-7-16(13)21-3/h4-8,11,18,20H,9H2,1-3H3. The minimum absolute atomic E-state index is 0.141. The highest BCUT2D eigenvalue weighted by molar-refractivity contribution is 5.36. The first-order chi connectivity index (χ1) is 10.0. The van der Waals surface area contributed by atoms with E-state index in [2.05, 4.69) is 10.3 Å². The number of hydrogen-bond acceptors (Lipinski definition) is 4. The van der Waals surface area contributed by atoms with Crippen LogP contribution in [-0.2, 0) is 6.54 Å². The maximum absolute atomic E-state index is 13.4. The summed E-state index contributed by atoms with van der Waals surface area (Å²) in [4.78, 5) is 4.28. The first-order valence-corrected chi connectivity index (χ1v) is 6.73. The van der Waals surface area contributed by atoms with Gasteiger partial charge in [-0.25, -0.2) is 4.39 Å². The second-order valence-corrected chi connectivity index (χ2v) is 4.91. The predicted octanol–water partition coefficient (Wildman–Crippen LogP) is 3.09. The number of nitrogens with zero attached hydrogens (tertiary/aromatic N) is 1. The van der Waals surface area contributed by atoms with Crippen molar-refractivity contribution >= 4 is 0 Å². The molecule has 4 nitrogen and oxygen atoms in total. The van der Waals surface area contributed by atoms with Crippen LogP contribution in [-0.4, -0.2) is 17.2 Å². The van der Waals surface area contributed by atoms with Gasteiger partial charge < -0.3 is 15.2 Å². The first kappa shape index (κ1) is 15.3. The van der Waals surface area contributed by atoms with E-state index in [4.69, 9.17) is 4.74 Å². The molecule has 0 aliphatic carbocycles. The Bertz CT molecular complexity index is 632. The van der Waals surface area contributed by atoms with E-state index in [0.29, 0.717) is 18.0 Å². The summed E-state index contributed by atoms with van der Waals surface area (Å²) in [5.41, 5.74) is 2.13. The van der Waals surface area contributed by atoms with E-state index in [9.17, 15) is 9.50 Å². The molecule has 0 radical (unpaired) electrons. The molecule has 2 aromatic rings. The molecule has 2 rings (SSSR count). The van der Waals surface area contributed by atoms with Gasteiger partial charge in [-0.1, -0.05) is 0 Å². The van der Waals surface area contributed by atoms with Crippen LogP contribution in [0.15, 0.2) is 30.3 Å². The average Bonchev–Trinajstić information content (AvgIpc) is 2.47. The van der Waals surface area contributed by atoms with Crippen LogP contribution in [0.25, 0.3) is 0 Å². The summed E-state index contributed by atoms with van der Waals surface area (Å²) in [5.74, 6) is 0.459. The zero-order valence-electron chi connectivity index (χ0n) is 12.4. The molecule has 1 aromatic carbocycles. The molecule has 1 unspecified atom stereocenters. The van der Waals surface area contributed by atoms with Crippen LogP contribution < -0.4 is 10.1 Å². The van der Waals surface area contributed by atoms with Crippen LogP contribution in [0, 0.1) is 12.7 Å². The predicted molar refractivity (Wildman–Crippen MR) is 78.8 cm³/mol. The van der Waals surface area contributed by atoms with Gasteiger partial charge in [-0.3, -0.25) is 4.98 Å². The average molecular weight is 290 g/mol. The Morgan fingerprint density at radius 3 is 2.81 bits per heavy atom. The second-order valence-electron chi connectivity index (χ2n) is 4.91. The second kappa shape index (κ2) is 6.54. The Morgan fingerprint density at radius 2 is 2.10 bits per heavy atom. The van der Waals surface area contributed by atoms with Gasteiger partial charge in [0.2, 0.25) is 0 Å². The Morgan fingerprint density at radius 1 is 1.33 bits per heavy atom. The summed E-state index contributed by atoms with van der Waals surface area (Å²) in [6.07, 6.45) is 0. The van der Waals surface area contributed by atoms with Crippen LogP contribution in [0.2, 0.25) is 0 Å². The molecule has 1 atom stereocenters. The molecule has 0 fully saturated rings. The molecule has 2 N–H and O–H groups in total. The van der Waals surface area contributed by atoms with Crippen LogP contribution in [0.5, 0.6) is 11.5 Å². The molecule has 0 saturated heterocycles. The fraction of sp³-hybridized carbons (Fsp3) is 0.312. The van der Waals surface area contributed by atoms with Crippen LogP contribution in [0.3, 0.4) is 0 Å². The molecule has 0 amide bonds. The summed E-state index contributed by atoms with van der Waals surface area (Å²) >= 11 is 0. The van der Waals surface area contributed by atoms with Crippen molar-refractivity contribution in [1.29, 1.82) is 0 Å². The number of aromatic hydroxyl groups is 1. The SMILES string of the molecule is COc1ccc(F)cc1C(C)NCc1nc(C)ccc1O. The number of pyridine rings is 1. The third-order valence-corrected chi connectivity index (χ3v) is 3.32. The molecule has 0 saturated carbocycles. The van der Waals surface area contributed by atoms with Crippen molar-refractivity contribution in [1.82, 2.24) is 10.3 Å². The number of aromatic nitrogens is 1. The van der Waals surface area contributed by atoms with Crippen molar-refractivity contribution < 1.29 is 14.2 Å². The highest BCUT2D eigenvalue weighted by Crippen LogP contribution is 2.26. The number of halogens is 1. The lowest BCUT2D eigenvalue weighted by atomic mass is 10.1. The van der Waals surface area contributed by atoms with Crippen LogP contribution >= 0.6 is 0 Å². The van der Waals surface area contributed by atoms with Gasteiger partial charge >= 0.3 is 0 Å². The van der Waals surface area contributed by atoms with Gasteiger partial charge in [-0.2, -0.15) is 0 Å². The molecule has 112 valence electrons. The van der Waals surface area contributed by atoms with Crippen LogP contribution in [0.4, 0.5) is 4.39 Å². The Labute approximate surface area is 123 Å². The fourth-order valence-corrected chi connectivity index (χ4v) is 2.14. The number of methoxy groups -OCH3 is 1. The molecule has 0 aliphatic heterocycles. The van der Waals surface area contributed by atoms with Gasteiger partial charge in [0.05, 0.1) is 12.8 Å². The van der Waals surface area contributed by atoms with Gasteiger partial charge in [-0.15, -0.1) is 0 Å². The molecule has 5 heteroatoms. The van der Waals surface area contributed by atoms with Crippen molar-refractivity contribution in [3.05, 3.63) is 53.1 Å². The summed E-state index contributed by atoms with van der Waals surface area (Å²) < 4.78 is 18.6. The van der Waals surface area contributed by atoms with Gasteiger partial charge in [0.1, 0.15) is 17.3 Å². The third-order valence-electron chi connectivity index (χ3n) is 3.32. The molecule has 1 heterocycles. The third kappa shape index (κ3) is 3.70. The molecule has 0 aliphatic rings. The van der Waals surface area contributed by atoms with E-state index in [1.807, 2.05) is 13.8 Å². The lowest BCUT2D eigenvalue weighted by Crippen LogP contribution is -2.19. The van der Waals surface area contributed by atoms with Gasteiger partial charge in [0.25, 0.3) is 0 Å². The molecule has 21 heavy (non-hydrogen) atoms. The van der Waals surface area contributed by atoms with Crippen molar-refractivity contribution in [3.8, 4) is 11.5 Å². The summed E-state index contributed by atoms with van der Waals surface area (Å²) in [6.45, 7) is 4.15. The van der Waals surface area contributed by atoms with E-state index in [-0.39, 0.29) is 17.6 Å². The first-order valence-electron chi connectivity index (χ1n) is 6.73. The molecule has 1 aromatic heterocycles. The topological polar surface area (TPSA) is 54.4 Å². The van der Waals surface area contributed by atoms with Crippen LogP contribution in [0.1, 0.15) is 29.9 Å². The summed E-state index contributed by atoms with van der Waals surface area (Å²) in [6, 6.07) is 7.64. The smallest absolute Gasteiger partial charge is 0.138 e. The number of ether oxygens (including phenoxy) is 1.